The molecule has 0 aliphatic heterocycles. The first-order valence-electron chi connectivity index (χ1n) is 8.76. The van der Waals surface area contributed by atoms with Gasteiger partial charge in [0.25, 0.3) is 0 Å². The molecule has 0 aliphatic rings. The Labute approximate surface area is 164 Å². The summed E-state index contributed by atoms with van der Waals surface area (Å²) in [5.74, 6) is 0.382. The number of halogens is 4. The zero-order chi connectivity index (χ0) is 18.6. The second-order valence-corrected chi connectivity index (χ2v) is 6.57. The van der Waals surface area contributed by atoms with Gasteiger partial charge in [0.2, 0.25) is 0 Å². The number of hydrogen-bond donors (Lipinski definition) is 0. The maximum Gasteiger partial charge on any atom is 0.416 e. The Kier molecular flexibility index (Phi) is 7.09. The van der Waals surface area contributed by atoms with Crippen LogP contribution in [0.2, 0.25) is 0 Å². The predicted molar refractivity (Wildman–Crippen MR) is 109 cm³/mol. The first-order chi connectivity index (χ1) is 12.4. The van der Waals surface area contributed by atoms with Crippen molar-refractivity contribution in [3.8, 4) is 0 Å². The first-order valence-corrected chi connectivity index (χ1v) is 8.76. The molecule has 0 heterocycles. The van der Waals surface area contributed by atoms with Gasteiger partial charge in [-0.05, 0) is 52.8 Å². The molecule has 0 aliphatic carbocycles. The first kappa shape index (κ1) is 21.0. The fourth-order valence-corrected chi connectivity index (χ4v) is 3.22. The Hall–Kier alpha value is -2.26. The van der Waals surface area contributed by atoms with E-state index in [2.05, 4.69) is 37.3 Å². The van der Waals surface area contributed by atoms with Crippen LogP contribution in [0.3, 0.4) is 0 Å². The summed E-state index contributed by atoms with van der Waals surface area (Å²) >= 11 is 0. The molecule has 0 radical (unpaired) electrons. The van der Waals surface area contributed by atoms with E-state index in [9.17, 15) is 13.2 Å². The summed E-state index contributed by atoms with van der Waals surface area (Å²) in [7, 11) is 0. The molecule has 4 heteroatoms. The number of alkyl halides is 3. The Balaban J connectivity index is 0.00000261. The van der Waals surface area contributed by atoms with Crippen molar-refractivity contribution < 1.29 is 13.2 Å². The van der Waals surface area contributed by atoms with Gasteiger partial charge in [0.15, 0.2) is 0 Å². The monoisotopic (exact) mass is 390 g/mol. The average molecular weight is 391 g/mol. The van der Waals surface area contributed by atoms with Gasteiger partial charge in [-0.15, -0.1) is 12.4 Å². The lowest BCUT2D eigenvalue weighted by Gasteiger charge is -2.13. The van der Waals surface area contributed by atoms with Crippen molar-refractivity contribution in [3.63, 3.8) is 0 Å². The van der Waals surface area contributed by atoms with Gasteiger partial charge in [-0.1, -0.05) is 73.7 Å². The second-order valence-electron chi connectivity index (χ2n) is 6.57. The lowest BCUT2D eigenvalue weighted by atomic mass is 9.91. The summed E-state index contributed by atoms with van der Waals surface area (Å²) in [4.78, 5) is 0. The fraction of sp³-hybridized carbons (Fsp3) is 0.217. The smallest absolute Gasteiger partial charge is 0.166 e. The molecule has 142 valence electrons. The summed E-state index contributed by atoms with van der Waals surface area (Å²) in [5.41, 5.74) is 1.29. The molecule has 0 saturated carbocycles. The molecule has 0 amide bonds. The van der Waals surface area contributed by atoms with Crippen LogP contribution in [0.1, 0.15) is 42.4 Å². The summed E-state index contributed by atoms with van der Waals surface area (Å²) in [5, 5.41) is 2.50. The van der Waals surface area contributed by atoms with Crippen molar-refractivity contribution in [2.45, 2.75) is 31.9 Å². The van der Waals surface area contributed by atoms with Crippen molar-refractivity contribution in [1.29, 1.82) is 0 Å². The summed E-state index contributed by atoms with van der Waals surface area (Å²) in [6.07, 6.45) is 1.19. The normalized spacial score (nSPS) is 12.9. The third-order valence-electron chi connectivity index (χ3n) is 4.64. The highest BCUT2D eigenvalue weighted by molar-refractivity contribution is 5.86. The molecule has 0 fully saturated rings. The lowest BCUT2D eigenvalue weighted by Crippen LogP contribution is -2.04. The number of allylic oxidation sites excluding steroid dienone is 1. The van der Waals surface area contributed by atoms with Crippen molar-refractivity contribution in [3.05, 3.63) is 89.5 Å². The van der Waals surface area contributed by atoms with E-state index in [-0.39, 0.29) is 12.4 Å². The van der Waals surface area contributed by atoms with Crippen LogP contribution >= 0.6 is 12.4 Å². The highest BCUT2D eigenvalue weighted by atomic mass is 35.5. The highest BCUT2D eigenvalue weighted by Crippen LogP contribution is 2.30. The van der Waals surface area contributed by atoms with Gasteiger partial charge in [-0.25, -0.2) is 0 Å². The fourth-order valence-electron chi connectivity index (χ4n) is 3.22. The highest BCUT2D eigenvalue weighted by Gasteiger charge is 2.30. The van der Waals surface area contributed by atoms with Crippen molar-refractivity contribution in [1.82, 2.24) is 0 Å². The SMILES string of the molecule is C[C@@H](CC/C=C/c1cccc(C(F)(F)F)c1)c1cccc2ccccc12.Cl. The van der Waals surface area contributed by atoms with E-state index in [0.717, 1.165) is 18.9 Å². The van der Waals surface area contributed by atoms with Crippen LogP contribution in [-0.4, -0.2) is 0 Å². The topological polar surface area (TPSA) is 0 Å². The molecule has 3 aromatic carbocycles. The zero-order valence-electron chi connectivity index (χ0n) is 15.0. The van der Waals surface area contributed by atoms with Gasteiger partial charge in [-0.3, -0.25) is 0 Å². The summed E-state index contributed by atoms with van der Waals surface area (Å²) in [6.45, 7) is 2.19. The van der Waals surface area contributed by atoms with Crippen LogP contribution in [0.15, 0.2) is 72.8 Å². The molecule has 0 N–H and O–H groups in total. The minimum atomic E-state index is -4.30. The van der Waals surface area contributed by atoms with Gasteiger partial charge in [0.05, 0.1) is 5.56 Å². The molecule has 3 rings (SSSR count). The molecule has 0 bridgehead atoms. The third-order valence-corrected chi connectivity index (χ3v) is 4.64. The number of fused-ring (bicyclic) bond motifs is 1. The van der Waals surface area contributed by atoms with Crippen LogP contribution in [-0.2, 0) is 6.18 Å². The van der Waals surface area contributed by atoms with E-state index >= 15 is 0 Å². The molecule has 0 spiro atoms. The summed E-state index contributed by atoms with van der Waals surface area (Å²) in [6, 6.07) is 20.1. The largest absolute Gasteiger partial charge is 0.416 e. The van der Waals surface area contributed by atoms with E-state index in [4.69, 9.17) is 0 Å². The van der Waals surface area contributed by atoms with Crippen LogP contribution < -0.4 is 0 Å². The Morgan fingerprint density at radius 2 is 1.63 bits per heavy atom. The molecule has 1 atom stereocenters. The van der Waals surface area contributed by atoms with E-state index in [0.29, 0.717) is 11.5 Å². The predicted octanol–water partition coefficient (Wildman–Crippen LogP) is 7.88. The Morgan fingerprint density at radius 3 is 2.41 bits per heavy atom. The Morgan fingerprint density at radius 1 is 0.926 bits per heavy atom. The van der Waals surface area contributed by atoms with Gasteiger partial charge in [-0.2, -0.15) is 13.2 Å². The maximum atomic E-state index is 12.8. The maximum absolute atomic E-state index is 12.8. The molecule has 0 unspecified atom stereocenters. The quantitative estimate of drug-likeness (QED) is 0.415. The number of rotatable bonds is 5. The molecular weight excluding hydrogens is 369 g/mol. The van der Waals surface area contributed by atoms with Crippen molar-refractivity contribution in [2.24, 2.45) is 0 Å². The minimum Gasteiger partial charge on any atom is -0.166 e. The zero-order valence-corrected chi connectivity index (χ0v) is 15.9. The third kappa shape index (κ3) is 5.36. The molecule has 0 saturated heterocycles. The molecule has 0 nitrogen and oxygen atoms in total. The van der Waals surface area contributed by atoms with Crippen molar-refractivity contribution >= 4 is 29.3 Å². The van der Waals surface area contributed by atoms with Crippen molar-refractivity contribution in [2.75, 3.05) is 0 Å². The van der Waals surface area contributed by atoms with E-state index in [1.165, 1.54) is 28.5 Å². The molecule has 0 aromatic heterocycles. The molecule has 27 heavy (non-hydrogen) atoms. The van der Waals surface area contributed by atoms with E-state index < -0.39 is 11.7 Å². The van der Waals surface area contributed by atoms with Crippen LogP contribution in [0, 0.1) is 0 Å². The van der Waals surface area contributed by atoms with Gasteiger partial charge in [0.1, 0.15) is 0 Å². The number of benzene rings is 3. The van der Waals surface area contributed by atoms with Gasteiger partial charge >= 0.3 is 6.18 Å². The number of hydrogen-bond acceptors (Lipinski definition) is 0. The molecular formula is C23H22ClF3. The molecule has 3 aromatic rings. The second kappa shape index (κ2) is 9.09. The standard InChI is InChI=1S/C23H21F3.ClH/c1-17(21-15-7-12-19-11-4-5-14-22(19)21)8-2-3-9-18-10-6-13-20(16-18)23(24,25)26;/h3-7,9-17H,2,8H2,1H3;1H/b9-3+;/t17-;/m0./s1. The van der Waals surface area contributed by atoms with E-state index in [1.54, 1.807) is 12.1 Å². The van der Waals surface area contributed by atoms with Crippen LogP contribution in [0.4, 0.5) is 13.2 Å². The van der Waals surface area contributed by atoms with Gasteiger partial charge < -0.3 is 0 Å². The van der Waals surface area contributed by atoms with Gasteiger partial charge in [0, 0.05) is 0 Å². The summed E-state index contributed by atoms with van der Waals surface area (Å²) < 4.78 is 38.3. The van der Waals surface area contributed by atoms with E-state index in [1.807, 2.05) is 18.2 Å². The Bertz CT molecular complexity index is 907. The minimum absolute atomic E-state index is 0. The lowest BCUT2D eigenvalue weighted by molar-refractivity contribution is -0.137. The van der Waals surface area contributed by atoms with Crippen LogP contribution in [0.25, 0.3) is 16.8 Å². The average Bonchev–Trinajstić information content (AvgIpc) is 2.64. The van der Waals surface area contributed by atoms with Crippen LogP contribution in [0.5, 0.6) is 0 Å².